The van der Waals surface area contributed by atoms with Gasteiger partial charge in [0.25, 0.3) is 0 Å². The van der Waals surface area contributed by atoms with Gasteiger partial charge in [-0.15, -0.1) is 11.3 Å². The zero-order valence-corrected chi connectivity index (χ0v) is 14.1. The van der Waals surface area contributed by atoms with Crippen molar-refractivity contribution in [1.29, 1.82) is 5.26 Å². The van der Waals surface area contributed by atoms with Gasteiger partial charge >= 0.3 is 5.63 Å². The first-order valence-electron chi connectivity index (χ1n) is 7.67. The molecule has 2 aromatic heterocycles. The van der Waals surface area contributed by atoms with Crippen LogP contribution in [-0.4, -0.2) is 5.11 Å². The average molecular weight is 364 g/mol. The third-order valence-electron chi connectivity index (χ3n) is 4.10. The van der Waals surface area contributed by atoms with Crippen molar-refractivity contribution in [2.24, 2.45) is 5.73 Å². The largest absolute Gasteiger partial charge is 0.507 e. The summed E-state index contributed by atoms with van der Waals surface area (Å²) in [7, 11) is 0. The van der Waals surface area contributed by atoms with Crippen molar-refractivity contribution < 1.29 is 14.3 Å². The predicted octanol–water partition coefficient (Wildman–Crippen LogP) is 3.41. The van der Waals surface area contributed by atoms with Crippen LogP contribution in [-0.2, 0) is 4.74 Å². The molecule has 4 rings (SSSR count). The van der Waals surface area contributed by atoms with Gasteiger partial charge in [0.05, 0.1) is 5.92 Å². The van der Waals surface area contributed by atoms with Crippen LogP contribution in [0.25, 0.3) is 16.7 Å². The highest BCUT2D eigenvalue weighted by atomic mass is 32.1. The second kappa shape index (κ2) is 6.10. The van der Waals surface area contributed by atoms with Gasteiger partial charge in [-0.1, -0.05) is 6.07 Å². The number of allylic oxidation sites excluding steroid dienone is 2. The lowest BCUT2D eigenvalue weighted by molar-refractivity contribution is 0.356. The van der Waals surface area contributed by atoms with Gasteiger partial charge in [-0.3, -0.25) is 0 Å². The van der Waals surface area contributed by atoms with E-state index in [-0.39, 0.29) is 34.1 Å². The SMILES string of the molecule is N#CC1=C(N)OC(c2c(O)ccc3ccc(=O)oc23)=C[C@H]1c1cccs1. The number of hydrogen-bond donors (Lipinski definition) is 2. The van der Waals surface area contributed by atoms with Gasteiger partial charge < -0.3 is 20.0 Å². The van der Waals surface area contributed by atoms with Gasteiger partial charge in [0.2, 0.25) is 5.88 Å². The number of nitrogens with two attached hydrogens (primary N) is 1. The fourth-order valence-corrected chi connectivity index (χ4v) is 3.71. The third-order valence-corrected chi connectivity index (χ3v) is 5.05. The molecule has 1 aliphatic rings. The summed E-state index contributed by atoms with van der Waals surface area (Å²) in [4.78, 5) is 12.6. The number of nitrogens with zero attached hydrogens (tertiary/aromatic N) is 1. The number of phenols is 1. The van der Waals surface area contributed by atoms with Gasteiger partial charge in [0.1, 0.15) is 28.7 Å². The summed E-state index contributed by atoms with van der Waals surface area (Å²) in [6.45, 7) is 0. The molecule has 0 unspecified atom stereocenters. The van der Waals surface area contributed by atoms with Crippen molar-refractivity contribution in [3.05, 3.63) is 80.2 Å². The molecule has 0 amide bonds. The number of ether oxygens (including phenoxy) is 1. The molecular formula is C19H12N2O4S. The Bertz CT molecular complexity index is 1170. The lowest BCUT2D eigenvalue weighted by Gasteiger charge is -2.22. The van der Waals surface area contributed by atoms with Gasteiger partial charge in [-0.25, -0.2) is 4.79 Å². The lowest BCUT2D eigenvalue weighted by atomic mass is 9.94. The van der Waals surface area contributed by atoms with Crippen LogP contribution in [0.2, 0.25) is 0 Å². The Kier molecular flexibility index (Phi) is 3.75. The molecule has 7 heteroatoms. The summed E-state index contributed by atoms with van der Waals surface area (Å²) in [6.07, 6.45) is 1.70. The topological polar surface area (TPSA) is 109 Å². The van der Waals surface area contributed by atoms with Crippen molar-refractivity contribution in [2.45, 2.75) is 5.92 Å². The highest BCUT2D eigenvalue weighted by Crippen LogP contribution is 2.41. The van der Waals surface area contributed by atoms with E-state index in [2.05, 4.69) is 6.07 Å². The van der Waals surface area contributed by atoms with Crippen LogP contribution >= 0.6 is 11.3 Å². The van der Waals surface area contributed by atoms with Gasteiger partial charge in [0.15, 0.2) is 5.58 Å². The number of fused-ring (bicyclic) bond motifs is 1. The maximum atomic E-state index is 11.7. The molecule has 0 spiro atoms. The van der Waals surface area contributed by atoms with E-state index in [0.29, 0.717) is 5.39 Å². The minimum atomic E-state index is -0.545. The normalized spacial score (nSPS) is 16.9. The summed E-state index contributed by atoms with van der Waals surface area (Å²) in [5, 5.41) is 22.4. The van der Waals surface area contributed by atoms with Crippen LogP contribution in [0.5, 0.6) is 5.75 Å². The maximum Gasteiger partial charge on any atom is 0.336 e. The lowest BCUT2D eigenvalue weighted by Crippen LogP contribution is -2.15. The molecule has 0 radical (unpaired) electrons. The summed E-state index contributed by atoms with van der Waals surface area (Å²) in [5.74, 6) is -0.333. The number of rotatable bonds is 2. The number of thiophene rings is 1. The van der Waals surface area contributed by atoms with E-state index in [1.807, 2.05) is 17.5 Å². The van der Waals surface area contributed by atoms with E-state index in [0.717, 1.165) is 4.88 Å². The molecule has 6 nitrogen and oxygen atoms in total. The van der Waals surface area contributed by atoms with Crippen LogP contribution in [0.15, 0.2) is 68.5 Å². The van der Waals surface area contributed by atoms with Crippen LogP contribution in [0.3, 0.4) is 0 Å². The van der Waals surface area contributed by atoms with Gasteiger partial charge in [-0.05, 0) is 35.7 Å². The van der Waals surface area contributed by atoms with Crippen molar-refractivity contribution in [3.63, 3.8) is 0 Å². The first kappa shape index (κ1) is 16.0. The number of hydrogen-bond acceptors (Lipinski definition) is 7. The standard InChI is InChI=1S/C19H12N2O4S/c20-9-12-11(15-2-1-7-26-15)8-14(24-19(12)21)17-13(22)5-3-10-4-6-16(23)25-18(10)17/h1-8,11,22H,21H2/t11-/m1/s1. The molecule has 1 atom stereocenters. The fraction of sp³-hybridized carbons (Fsp3) is 0.0526. The Morgan fingerprint density at radius 3 is 2.77 bits per heavy atom. The molecule has 3 heterocycles. The minimum absolute atomic E-state index is 0.0434. The predicted molar refractivity (Wildman–Crippen MR) is 97.1 cm³/mol. The van der Waals surface area contributed by atoms with Crippen molar-refractivity contribution in [2.75, 3.05) is 0 Å². The van der Waals surface area contributed by atoms with Crippen molar-refractivity contribution in [1.82, 2.24) is 0 Å². The number of nitriles is 1. The molecule has 3 N–H and O–H groups in total. The van der Waals surface area contributed by atoms with Crippen molar-refractivity contribution >= 4 is 28.1 Å². The van der Waals surface area contributed by atoms with E-state index in [1.54, 1.807) is 18.2 Å². The quantitative estimate of drug-likeness (QED) is 0.674. The van der Waals surface area contributed by atoms with Crippen molar-refractivity contribution in [3.8, 4) is 11.8 Å². The van der Waals surface area contributed by atoms with E-state index in [9.17, 15) is 15.2 Å². The van der Waals surface area contributed by atoms with E-state index in [1.165, 1.54) is 23.5 Å². The zero-order valence-electron chi connectivity index (χ0n) is 13.3. The summed E-state index contributed by atoms with van der Waals surface area (Å²) >= 11 is 1.48. The zero-order chi connectivity index (χ0) is 18.3. The first-order valence-corrected chi connectivity index (χ1v) is 8.55. The Balaban J connectivity index is 1.96. The molecular weight excluding hydrogens is 352 g/mol. The fourth-order valence-electron chi connectivity index (χ4n) is 2.91. The minimum Gasteiger partial charge on any atom is -0.507 e. The smallest absolute Gasteiger partial charge is 0.336 e. The van der Waals surface area contributed by atoms with Crippen LogP contribution in [0, 0.1) is 11.3 Å². The number of phenolic OH excluding ortho intramolecular Hbond substituents is 1. The highest BCUT2D eigenvalue weighted by Gasteiger charge is 2.29. The molecule has 1 aromatic carbocycles. The molecule has 0 aliphatic carbocycles. The van der Waals surface area contributed by atoms with Crippen LogP contribution < -0.4 is 11.4 Å². The van der Waals surface area contributed by atoms with Gasteiger partial charge in [0, 0.05) is 16.3 Å². The Morgan fingerprint density at radius 1 is 1.23 bits per heavy atom. The Labute approximate surface area is 151 Å². The molecule has 0 saturated heterocycles. The molecule has 3 aromatic rings. The summed E-state index contributed by atoms with van der Waals surface area (Å²) in [6, 6.07) is 11.9. The molecule has 1 aliphatic heterocycles. The molecule has 0 bridgehead atoms. The number of aromatic hydroxyl groups is 1. The average Bonchev–Trinajstić information content (AvgIpc) is 3.15. The third kappa shape index (κ3) is 2.53. The van der Waals surface area contributed by atoms with E-state index >= 15 is 0 Å². The molecule has 26 heavy (non-hydrogen) atoms. The Morgan fingerprint density at radius 2 is 2.04 bits per heavy atom. The Hall–Kier alpha value is -3.50. The molecule has 0 saturated carbocycles. The monoisotopic (exact) mass is 364 g/mol. The maximum absolute atomic E-state index is 11.7. The summed E-state index contributed by atoms with van der Waals surface area (Å²) < 4.78 is 10.9. The number of benzene rings is 1. The van der Waals surface area contributed by atoms with Crippen LogP contribution in [0.4, 0.5) is 0 Å². The second-order valence-electron chi connectivity index (χ2n) is 5.65. The molecule has 128 valence electrons. The highest BCUT2D eigenvalue weighted by molar-refractivity contribution is 7.10. The van der Waals surface area contributed by atoms with Crippen LogP contribution in [0.1, 0.15) is 16.4 Å². The first-order chi connectivity index (χ1) is 12.6. The molecule has 0 fully saturated rings. The van der Waals surface area contributed by atoms with Gasteiger partial charge in [-0.2, -0.15) is 5.26 Å². The summed E-state index contributed by atoms with van der Waals surface area (Å²) in [5.41, 5.74) is 6.13. The second-order valence-corrected chi connectivity index (χ2v) is 6.63. The van der Waals surface area contributed by atoms with E-state index in [4.69, 9.17) is 14.9 Å². The van der Waals surface area contributed by atoms with E-state index < -0.39 is 11.5 Å².